The van der Waals surface area contributed by atoms with E-state index in [2.05, 4.69) is 0 Å². The van der Waals surface area contributed by atoms with Crippen molar-refractivity contribution in [3.8, 4) is 0 Å². The van der Waals surface area contributed by atoms with E-state index in [-0.39, 0.29) is 11.9 Å². The molecule has 19 heavy (non-hydrogen) atoms. The van der Waals surface area contributed by atoms with Crippen LogP contribution in [0.5, 0.6) is 0 Å². The fourth-order valence-electron chi connectivity index (χ4n) is 2.41. The SMILES string of the molecule is O=C1CCOC(Cn2cc3cc(Cl)c(Cl)cc3c2)C1. The van der Waals surface area contributed by atoms with Gasteiger partial charge in [0.1, 0.15) is 5.78 Å². The number of ether oxygens (including phenoxy) is 1. The number of benzene rings is 1. The number of aromatic nitrogens is 1. The number of hydrogen-bond acceptors (Lipinski definition) is 2. The van der Waals surface area contributed by atoms with Gasteiger partial charge in [-0.3, -0.25) is 4.79 Å². The largest absolute Gasteiger partial charge is 0.375 e. The van der Waals surface area contributed by atoms with Crippen LogP contribution in [0.25, 0.3) is 10.8 Å². The van der Waals surface area contributed by atoms with E-state index in [9.17, 15) is 4.79 Å². The Hall–Kier alpha value is -1.03. The van der Waals surface area contributed by atoms with Crippen molar-refractivity contribution in [2.24, 2.45) is 0 Å². The zero-order valence-electron chi connectivity index (χ0n) is 10.2. The summed E-state index contributed by atoms with van der Waals surface area (Å²) in [5.74, 6) is 0.277. The number of hydrogen-bond donors (Lipinski definition) is 0. The molecule has 1 atom stereocenters. The minimum absolute atomic E-state index is 0.0333. The molecule has 0 bridgehead atoms. The zero-order valence-corrected chi connectivity index (χ0v) is 11.7. The Morgan fingerprint density at radius 1 is 1.21 bits per heavy atom. The number of fused-ring (bicyclic) bond motifs is 1. The van der Waals surface area contributed by atoms with Gasteiger partial charge in [-0.25, -0.2) is 0 Å². The first-order valence-electron chi connectivity index (χ1n) is 6.19. The van der Waals surface area contributed by atoms with Crippen LogP contribution in [0.1, 0.15) is 12.8 Å². The molecule has 3 rings (SSSR count). The fraction of sp³-hybridized carbons (Fsp3) is 0.357. The number of nitrogens with zero attached hydrogens (tertiary/aromatic N) is 1. The lowest BCUT2D eigenvalue weighted by Gasteiger charge is -2.22. The average molecular weight is 298 g/mol. The molecule has 5 heteroatoms. The molecule has 1 fully saturated rings. The maximum absolute atomic E-state index is 11.4. The maximum Gasteiger partial charge on any atom is 0.137 e. The van der Waals surface area contributed by atoms with E-state index in [0.29, 0.717) is 36.0 Å². The molecule has 100 valence electrons. The lowest BCUT2D eigenvalue weighted by atomic mass is 10.1. The van der Waals surface area contributed by atoms with Gasteiger partial charge < -0.3 is 9.30 Å². The average Bonchev–Trinajstić information content (AvgIpc) is 2.71. The summed E-state index contributed by atoms with van der Waals surface area (Å²) in [4.78, 5) is 11.4. The molecule has 2 aromatic rings. The van der Waals surface area contributed by atoms with Crippen LogP contribution in [-0.4, -0.2) is 23.1 Å². The molecule has 0 aliphatic carbocycles. The van der Waals surface area contributed by atoms with Crippen LogP contribution < -0.4 is 0 Å². The van der Waals surface area contributed by atoms with Crippen molar-refractivity contribution in [3.05, 3.63) is 34.6 Å². The first-order valence-corrected chi connectivity index (χ1v) is 6.95. The summed E-state index contributed by atoms with van der Waals surface area (Å²) in [5, 5.41) is 3.18. The standard InChI is InChI=1S/C14H13Cl2NO2/c15-13-3-9-6-17(7-10(9)4-14(13)16)8-12-5-11(18)1-2-19-12/h3-4,6-7,12H,1-2,5,8H2. The highest BCUT2D eigenvalue weighted by molar-refractivity contribution is 6.42. The predicted octanol–water partition coefficient (Wildman–Crippen LogP) is 3.70. The van der Waals surface area contributed by atoms with Crippen molar-refractivity contribution in [3.63, 3.8) is 0 Å². The molecule has 1 aromatic carbocycles. The monoisotopic (exact) mass is 297 g/mol. The summed E-state index contributed by atoms with van der Waals surface area (Å²) in [6.07, 6.45) is 5.00. The van der Waals surface area contributed by atoms with Crippen molar-refractivity contribution in [2.45, 2.75) is 25.5 Å². The van der Waals surface area contributed by atoms with E-state index in [4.69, 9.17) is 27.9 Å². The van der Waals surface area contributed by atoms with Crippen LogP contribution in [0.2, 0.25) is 10.0 Å². The first kappa shape index (κ1) is 13.0. The third kappa shape index (κ3) is 2.78. The summed E-state index contributed by atoms with van der Waals surface area (Å²) in [6, 6.07) is 3.70. The molecule has 1 aromatic heterocycles. The Morgan fingerprint density at radius 2 is 1.84 bits per heavy atom. The minimum Gasteiger partial charge on any atom is -0.375 e. The van der Waals surface area contributed by atoms with Gasteiger partial charge in [0.25, 0.3) is 0 Å². The van der Waals surface area contributed by atoms with Gasteiger partial charge in [-0.15, -0.1) is 0 Å². The molecule has 1 saturated heterocycles. The highest BCUT2D eigenvalue weighted by Crippen LogP contribution is 2.28. The third-order valence-electron chi connectivity index (χ3n) is 3.34. The smallest absolute Gasteiger partial charge is 0.137 e. The number of carbonyl (C=O) groups is 1. The highest BCUT2D eigenvalue weighted by Gasteiger charge is 2.20. The van der Waals surface area contributed by atoms with Gasteiger partial charge in [-0.1, -0.05) is 23.2 Å². The number of halogens is 2. The van der Waals surface area contributed by atoms with E-state index >= 15 is 0 Å². The Balaban J connectivity index is 1.83. The van der Waals surface area contributed by atoms with Crippen molar-refractivity contribution >= 4 is 39.8 Å². The maximum atomic E-state index is 11.4. The molecule has 3 nitrogen and oxygen atoms in total. The van der Waals surface area contributed by atoms with Crippen LogP contribution >= 0.6 is 23.2 Å². The normalized spacial score (nSPS) is 20.1. The molecule has 2 heterocycles. The second-order valence-corrected chi connectivity index (χ2v) is 5.65. The van der Waals surface area contributed by atoms with E-state index in [1.165, 1.54) is 0 Å². The van der Waals surface area contributed by atoms with Gasteiger partial charge in [0.2, 0.25) is 0 Å². The highest BCUT2D eigenvalue weighted by atomic mass is 35.5. The van der Waals surface area contributed by atoms with E-state index in [0.717, 1.165) is 10.8 Å². The molecule has 0 N–H and O–H groups in total. The van der Waals surface area contributed by atoms with Gasteiger partial charge in [-0.05, 0) is 12.1 Å². The third-order valence-corrected chi connectivity index (χ3v) is 4.06. The summed E-state index contributed by atoms with van der Waals surface area (Å²) < 4.78 is 7.63. The van der Waals surface area contributed by atoms with Crippen molar-refractivity contribution in [2.75, 3.05) is 6.61 Å². The van der Waals surface area contributed by atoms with Gasteiger partial charge in [-0.2, -0.15) is 0 Å². The molecule has 0 amide bonds. The van der Waals surface area contributed by atoms with Crippen molar-refractivity contribution in [1.29, 1.82) is 0 Å². The molecule has 0 radical (unpaired) electrons. The predicted molar refractivity (Wildman–Crippen MR) is 75.9 cm³/mol. The molecule has 1 unspecified atom stereocenters. The summed E-state index contributed by atoms with van der Waals surface area (Å²) >= 11 is 12.0. The summed E-state index contributed by atoms with van der Waals surface area (Å²) in [5.41, 5.74) is 0. The van der Waals surface area contributed by atoms with Gasteiger partial charge >= 0.3 is 0 Å². The zero-order chi connectivity index (χ0) is 13.4. The van der Waals surface area contributed by atoms with Gasteiger partial charge in [0.05, 0.1) is 22.8 Å². The van der Waals surface area contributed by atoms with Crippen LogP contribution in [0, 0.1) is 0 Å². The number of ketones is 1. The van der Waals surface area contributed by atoms with E-state index in [1.807, 2.05) is 29.1 Å². The first-order chi connectivity index (χ1) is 9.11. The quantitative estimate of drug-likeness (QED) is 0.846. The molecule has 1 aliphatic rings. The van der Waals surface area contributed by atoms with Crippen LogP contribution in [-0.2, 0) is 16.1 Å². The summed E-state index contributed by atoms with van der Waals surface area (Å²) in [6.45, 7) is 1.21. The molecule has 0 saturated carbocycles. The molecule has 1 aliphatic heterocycles. The Kier molecular flexibility index (Phi) is 3.52. The number of rotatable bonds is 2. The Bertz CT molecular complexity index is 597. The second kappa shape index (κ2) is 5.16. The lowest BCUT2D eigenvalue weighted by molar-refractivity contribution is -0.128. The van der Waals surface area contributed by atoms with Crippen LogP contribution in [0.3, 0.4) is 0 Å². The topological polar surface area (TPSA) is 31.2 Å². The van der Waals surface area contributed by atoms with Gasteiger partial charge in [0.15, 0.2) is 0 Å². The van der Waals surface area contributed by atoms with Crippen molar-refractivity contribution < 1.29 is 9.53 Å². The molecule has 0 spiro atoms. The summed E-state index contributed by atoms with van der Waals surface area (Å²) in [7, 11) is 0. The number of carbonyl (C=O) groups excluding carboxylic acids is 1. The lowest BCUT2D eigenvalue weighted by Crippen LogP contribution is -2.29. The molecular formula is C14H13Cl2NO2. The van der Waals surface area contributed by atoms with Crippen molar-refractivity contribution in [1.82, 2.24) is 4.57 Å². The second-order valence-electron chi connectivity index (χ2n) is 4.84. The van der Waals surface area contributed by atoms with E-state index in [1.54, 1.807) is 0 Å². The number of Topliss-reactive ketones (excluding diaryl/α,β-unsaturated/α-hetero) is 1. The Morgan fingerprint density at radius 3 is 2.42 bits per heavy atom. The van der Waals surface area contributed by atoms with Crippen LogP contribution in [0.15, 0.2) is 24.5 Å². The van der Waals surface area contributed by atoms with Gasteiger partial charge in [0, 0.05) is 42.6 Å². The Labute approximate surface area is 121 Å². The van der Waals surface area contributed by atoms with E-state index < -0.39 is 0 Å². The molecular weight excluding hydrogens is 285 g/mol. The minimum atomic E-state index is -0.0333. The fourth-order valence-corrected chi connectivity index (χ4v) is 2.75. The van der Waals surface area contributed by atoms with Crippen LogP contribution in [0.4, 0.5) is 0 Å².